The zero-order chi connectivity index (χ0) is 20.3. The minimum Gasteiger partial charge on any atom is -0.464 e. The monoisotopic (exact) mass is 400 g/mol. The Morgan fingerprint density at radius 1 is 1.04 bits per heavy atom. The number of benzene rings is 2. The molecule has 0 aliphatic heterocycles. The molecule has 3 rings (SSSR count). The third-order valence-corrected chi connectivity index (χ3v) is 5.03. The lowest BCUT2D eigenvalue weighted by atomic mass is 10.2. The Hall–Kier alpha value is -3.46. The van der Waals surface area contributed by atoms with Crippen LogP contribution in [0.3, 0.4) is 0 Å². The second-order valence-electron chi connectivity index (χ2n) is 5.78. The van der Waals surface area contributed by atoms with Gasteiger partial charge in [-0.25, -0.2) is 4.79 Å². The molecule has 0 amide bonds. The van der Waals surface area contributed by atoms with Gasteiger partial charge in [0.15, 0.2) is 5.75 Å². The van der Waals surface area contributed by atoms with Crippen molar-refractivity contribution in [2.45, 2.75) is 11.8 Å². The first kappa shape index (κ1) is 19.3. The Morgan fingerprint density at radius 2 is 1.68 bits per heavy atom. The van der Waals surface area contributed by atoms with E-state index in [0.29, 0.717) is 5.69 Å². The van der Waals surface area contributed by atoms with Crippen molar-refractivity contribution < 1.29 is 22.1 Å². The van der Waals surface area contributed by atoms with Gasteiger partial charge < -0.3 is 8.92 Å². The van der Waals surface area contributed by atoms with E-state index in [4.69, 9.17) is 4.18 Å². The van der Waals surface area contributed by atoms with Crippen molar-refractivity contribution in [2.75, 3.05) is 7.11 Å². The summed E-state index contributed by atoms with van der Waals surface area (Å²) in [5.74, 6) is -1.46. The summed E-state index contributed by atoms with van der Waals surface area (Å²) in [4.78, 5) is 24.4. The summed E-state index contributed by atoms with van der Waals surface area (Å²) >= 11 is 0. The van der Waals surface area contributed by atoms with Crippen LogP contribution < -0.4 is 9.74 Å². The van der Waals surface area contributed by atoms with Gasteiger partial charge in [0.05, 0.1) is 18.9 Å². The highest BCUT2D eigenvalue weighted by Crippen LogP contribution is 2.22. The van der Waals surface area contributed by atoms with E-state index in [0.717, 1.165) is 23.4 Å². The zero-order valence-electron chi connectivity index (χ0n) is 15.0. The summed E-state index contributed by atoms with van der Waals surface area (Å²) in [5.41, 5.74) is 0.140. The molecule has 1 aromatic heterocycles. The van der Waals surface area contributed by atoms with Crippen molar-refractivity contribution >= 4 is 16.1 Å². The first-order valence-corrected chi connectivity index (χ1v) is 9.52. The van der Waals surface area contributed by atoms with Crippen molar-refractivity contribution in [1.82, 2.24) is 9.78 Å². The van der Waals surface area contributed by atoms with Crippen LogP contribution in [0.15, 0.2) is 70.4 Å². The number of hydrogen-bond acceptors (Lipinski definition) is 7. The molecule has 2 aromatic carbocycles. The fourth-order valence-corrected chi connectivity index (χ4v) is 3.30. The highest BCUT2D eigenvalue weighted by atomic mass is 32.2. The predicted molar refractivity (Wildman–Crippen MR) is 100 cm³/mol. The number of carbonyl (C=O) groups excluding carboxylic acids is 1. The zero-order valence-corrected chi connectivity index (χ0v) is 15.8. The minimum atomic E-state index is -4.28. The standard InChI is InChI=1S/C19H16N2O6S/c1-13-8-10-15(11-9-13)28(24,25)27-16-12-17(22)21(14-6-4-3-5-7-14)20-18(16)19(23)26-2/h3-12H,1-2H3. The lowest BCUT2D eigenvalue weighted by molar-refractivity contribution is 0.0589. The van der Waals surface area contributed by atoms with Gasteiger partial charge in [0.2, 0.25) is 5.69 Å². The van der Waals surface area contributed by atoms with E-state index in [9.17, 15) is 18.0 Å². The molecule has 1 heterocycles. The number of para-hydroxylation sites is 1. The number of aromatic nitrogens is 2. The third-order valence-electron chi connectivity index (χ3n) is 3.79. The van der Waals surface area contributed by atoms with E-state index in [1.807, 2.05) is 0 Å². The Labute approximate surface area is 161 Å². The molecule has 0 N–H and O–H groups in total. The number of carbonyl (C=O) groups is 1. The predicted octanol–water partition coefficient (Wildman–Crippen LogP) is 2.10. The molecule has 0 saturated heterocycles. The Balaban J connectivity index is 2.10. The maximum atomic E-state index is 12.5. The van der Waals surface area contributed by atoms with Crippen LogP contribution in [0.25, 0.3) is 5.69 Å². The summed E-state index contributed by atoms with van der Waals surface area (Å²) in [5, 5.41) is 3.95. The number of ether oxygens (including phenoxy) is 1. The maximum Gasteiger partial charge on any atom is 0.362 e. The van der Waals surface area contributed by atoms with Crippen LogP contribution in [0.1, 0.15) is 16.1 Å². The molecule has 0 atom stereocenters. The lowest BCUT2D eigenvalue weighted by Gasteiger charge is -2.12. The Morgan fingerprint density at radius 3 is 2.29 bits per heavy atom. The highest BCUT2D eigenvalue weighted by Gasteiger charge is 2.25. The van der Waals surface area contributed by atoms with E-state index < -0.39 is 33.1 Å². The van der Waals surface area contributed by atoms with Crippen LogP contribution in [0, 0.1) is 6.92 Å². The maximum absolute atomic E-state index is 12.5. The van der Waals surface area contributed by atoms with E-state index in [1.54, 1.807) is 49.4 Å². The van der Waals surface area contributed by atoms with E-state index in [-0.39, 0.29) is 4.90 Å². The van der Waals surface area contributed by atoms with Crippen LogP contribution in [-0.4, -0.2) is 31.3 Å². The smallest absolute Gasteiger partial charge is 0.362 e. The molecular weight excluding hydrogens is 384 g/mol. The second-order valence-corrected chi connectivity index (χ2v) is 7.33. The Bertz CT molecular complexity index is 1170. The van der Waals surface area contributed by atoms with Gasteiger partial charge in [-0.3, -0.25) is 4.79 Å². The summed E-state index contributed by atoms with van der Waals surface area (Å²) in [6.45, 7) is 1.81. The molecule has 0 saturated carbocycles. The molecule has 9 heteroatoms. The molecule has 0 aliphatic rings. The van der Waals surface area contributed by atoms with E-state index in [1.165, 1.54) is 12.1 Å². The van der Waals surface area contributed by atoms with Crippen molar-refractivity contribution in [1.29, 1.82) is 0 Å². The molecule has 8 nitrogen and oxygen atoms in total. The first-order valence-electron chi connectivity index (χ1n) is 8.11. The van der Waals surface area contributed by atoms with Gasteiger partial charge in [-0.05, 0) is 31.2 Å². The molecule has 0 fully saturated rings. The molecule has 0 aliphatic carbocycles. The fourth-order valence-electron chi connectivity index (χ4n) is 2.37. The van der Waals surface area contributed by atoms with E-state index in [2.05, 4.69) is 9.84 Å². The van der Waals surface area contributed by atoms with Crippen LogP contribution in [0.4, 0.5) is 0 Å². The quantitative estimate of drug-likeness (QED) is 0.477. The molecule has 0 radical (unpaired) electrons. The van der Waals surface area contributed by atoms with Gasteiger partial charge in [0.25, 0.3) is 5.56 Å². The highest BCUT2D eigenvalue weighted by molar-refractivity contribution is 7.87. The lowest BCUT2D eigenvalue weighted by Crippen LogP contribution is -2.25. The van der Waals surface area contributed by atoms with Gasteiger partial charge >= 0.3 is 16.1 Å². The molecule has 144 valence electrons. The molecule has 3 aromatic rings. The van der Waals surface area contributed by atoms with Crippen LogP contribution in [0.5, 0.6) is 5.75 Å². The fraction of sp³-hybridized carbons (Fsp3) is 0.105. The molecule has 28 heavy (non-hydrogen) atoms. The van der Waals surface area contributed by atoms with Crippen molar-refractivity contribution in [3.63, 3.8) is 0 Å². The number of methoxy groups -OCH3 is 1. The molecule has 0 spiro atoms. The Kier molecular flexibility index (Phi) is 5.27. The number of nitrogens with zero attached hydrogens (tertiary/aromatic N) is 2. The van der Waals surface area contributed by atoms with Crippen LogP contribution in [0.2, 0.25) is 0 Å². The first-order chi connectivity index (χ1) is 13.3. The van der Waals surface area contributed by atoms with Gasteiger partial charge in [-0.1, -0.05) is 35.9 Å². The van der Waals surface area contributed by atoms with Crippen molar-refractivity contribution in [2.24, 2.45) is 0 Å². The van der Waals surface area contributed by atoms with Crippen molar-refractivity contribution in [3.05, 3.63) is 82.3 Å². The summed E-state index contributed by atoms with van der Waals surface area (Å²) in [6, 6.07) is 15.2. The van der Waals surface area contributed by atoms with Crippen LogP contribution in [-0.2, 0) is 14.9 Å². The average Bonchev–Trinajstić information content (AvgIpc) is 2.68. The van der Waals surface area contributed by atoms with Gasteiger partial charge in [-0.2, -0.15) is 18.2 Å². The van der Waals surface area contributed by atoms with Gasteiger partial charge in [-0.15, -0.1) is 0 Å². The summed E-state index contributed by atoms with van der Waals surface area (Å²) < 4.78 is 35.7. The molecule has 0 bridgehead atoms. The van der Waals surface area contributed by atoms with Gasteiger partial charge in [0, 0.05) is 0 Å². The number of aryl methyl sites for hydroxylation is 1. The largest absolute Gasteiger partial charge is 0.464 e. The summed E-state index contributed by atoms with van der Waals surface area (Å²) in [6.07, 6.45) is 0. The normalized spacial score (nSPS) is 11.1. The molecule has 0 unspecified atom stereocenters. The number of rotatable bonds is 5. The van der Waals surface area contributed by atoms with Crippen molar-refractivity contribution in [3.8, 4) is 11.4 Å². The summed E-state index contributed by atoms with van der Waals surface area (Å²) in [7, 11) is -3.17. The number of esters is 1. The molecular formula is C19H16N2O6S. The second kappa shape index (κ2) is 7.65. The topological polar surface area (TPSA) is 105 Å². The SMILES string of the molecule is COC(=O)c1nn(-c2ccccc2)c(=O)cc1OS(=O)(=O)c1ccc(C)cc1. The minimum absolute atomic E-state index is 0.124. The van der Waals surface area contributed by atoms with E-state index >= 15 is 0 Å². The van der Waals surface area contributed by atoms with Gasteiger partial charge in [0.1, 0.15) is 4.90 Å². The van der Waals surface area contributed by atoms with Crippen LogP contribution >= 0.6 is 0 Å². The number of hydrogen-bond donors (Lipinski definition) is 0. The average molecular weight is 400 g/mol. The third kappa shape index (κ3) is 3.94.